The Morgan fingerprint density at radius 2 is 2.10 bits per heavy atom. The Hall–Kier alpha value is -1.83. The van der Waals surface area contributed by atoms with Crippen molar-refractivity contribution in [3.05, 3.63) is 0 Å². The van der Waals surface area contributed by atoms with Gasteiger partial charge in [0, 0.05) is 19.6 Å². The Labute approximate surface area is 124 Å². The van der Waals surface area contributed by atoms with Gasteiger partial charge < -0.3 is 25.0 Å². The van der Waals surface area contributed by atoms with Crippen molar-refractivity contribution in [3.8, 4) is 0 Å². The number of nitrogens with zero attached hydrogens (tertiary/aromatic N) is 2. The van der Waals surface area contributed by atoms with Gasteiger partial charge in [-0.05, 0) is 13.8 Å². The Kier molecular flexibility index (Phi) is 6.41. The van der Waals surface area contributed by atoms with Crippen LogP contribution in [0.4, 0.5) is 4.79 Å². The molecule has 1 heterocycles. The van der Waals surface area contributed by atoms with Crippen LogP contribution in [0.1, 0.15) is 20.3 Å². The number of likely N-dealkylation sites (N-methyl/N-ethyl adjacent to an activating group) is 1. The van der Waals surface area contributed by atoms with Gasteiger partial charge in [-0.1, -0.05) is 0 Å². The molecule has 2 N–H and O–H groups in total. The van der Waals surface area contributed by atoms with E-state index in [9.17, 15) is 14.4 Å². The van der Waals surface area contributed by atoms with Crippen LogP contribution in [0.15, 0.2) is 0 Å². The molecule has 8 heteroatoms. The fraction of sp³-hybridized carbons (Fsp3) is 0.769. The first-order valence-electron chi connectivity index (χ1n) is 6.92. The molecule has 0 aliphatic carbocycles. The second-order valence-corrected chi connectivity index (χ2v) is 5.38. The number of ether oxygens (including phenoxy) is 1. The topological polar surface area (TPSA) is 99.2 Å². The normalized spacial score (nSPS) is 18.5. The molecule has 1 aliphatic heterocycles. The maximum Gasteiger partial charge on any atom is 0.320 e. The van der Waals surface area contributed by atoms with Gasteiger partial charge in [-0.15, -0.1) is 0 Å². The molecule has 0 bridgehead atoms. The molecule has 1 rings (SSSR count). The highest BCUT2D eigenvalue weighted by molar-refractivity contribution is 5.84. The number of carbonyl (C=O) groups is 3. The minimum absolute atomic E-state index is 0.00384. The summed E-state index contributed by atoms with van der Waals surface area (Å²) in [6, 6.07) is -0.855. The quantitative estimate of drug-likeness (QED) is 0.729. The van der Waals surface area contributed by atoms with E-state index in [4.69, 9.17) is 9.84 Å². The van der Waals surface area contributed by atoms with E-state index < -0.39 is 12.0 Å². The molecule has 1 atom stereocenters. The minimum Gasteiger partial charge on any atom is -0.481 e. The lowest BCUT2D eigenvalue weighted by atomic mass is 10.1. The average molecular weight is 301 g/mol. The number of morpholine rings is 1. The van der Waals surface area contributed by atoms with Crippen LogP contribution in [0.2, 0.25) is 0 Å². The second-order valence-electron chi connectivity index (χ2n) is 5.38. The molecule has 0 spiro atoms. The number of hydrogen-bond donors (Lipinski definition) is 2. The summed E-state index contributed by atoms with van der Waals surface area (Å²) in [5.41, 5.74) is 0. The fourth-order valence-corrected chi connectivity index (χ4v) is 2.15. The van der Waals surface area contributed by atoms with Gasteiger partial charge in [0.15, 0.2) is 0 Å². The number of amides is 3. The van der Waals surface area contributed by atoms with E-state index in [1.807, 2.05) is 13.8 Å². The highest BCUT2D eigenvalue weighted by Gasteiger charge is 2.31. The van der Waals surface area contributed by atoms with Crippen molar-refractivity contribution in [2.24, 2.45) is 0 Å². The van der Waals surface area contributed by atoms with Crippen molar-refractivity contribution in [1.82, 2.24) is 15.1 Å². The van der Waals surface area contributed by atoms with Crippen LogP contribution < -0.4 is 5.32 Å². The summed E-state index contributed by atoms with van der Waals surface area (Å²) < 4.78 is 5.22. The molecule has 0 saturated carbocycles. The summed E-state index contributed by atoms with van der Waals surface area (Å²) in [6.45, 7) is 4.51. The molecule has 1 aliphatic rings. The van der Waals surface area contributed by atoms with Gasteiger partial charge in [0.1, 0.15) is 6.54 Å². The van der Waals surface area contributed by atoms with E-state index in [1.165, 1.54) is 16.8 Å². The lowest BCUT2D eigenvalue weighted by molar-refractivity contribution is -0.139. The second kappa shape index (κ2) is 7.82. The van der Waals surface area contributed by atoms with Gasteiger partial charge >= 0.3 is 12.0 Å². The SMILES string of the molecule is CC(C)NC(=O)CN(C)C(=O)N1CCOCC1CC(=O)O. The van der Waals surface area contributed by atoms with Gasteiger partial charge in [0.2, 0.25) is 5.91 Å². The van der Waals surface area contributed by atoms with E-state index >= 15 is 0 Å². The van der Waals surface area contributed by atoms with Crippen molar-refractivity contribution in [3.63, 3.8) is 0 Å². The van der Waals surface area contributed by atoms with Crippen molar-refractivity contribution in [2.75, 3.05) is 33.4 Å². The molecule has 120 valence electrons. The minimum atomic E-state index is -0.983. The summed E-state index contributed by atoms with van der Waals surface area (Å²) in [7, 11) is 1.52. The Morgan fingerprint density at radius 1 is 1.43 bits per heavy atom. The number of carboxylic acids is 1. The summed E-state index contributed by atoms with van der Waals surface area (Å²) >= 11 is 0. The molecular formula is C13H23N3O5. The highest BCUT2D eigenvalue weighted by atomic mass is 16.5. The fourth-order valence-electron chi connectivity index (χ4n) is 2.15. The highest BCUT2D eigenvalue weighted by Crippen LogP contribution is 2.13. The van der Waals surface area contributed by atoms with Crippen LogP contribution in [-0.4, -0.2) is 78.2 Å². The lowest BCUT2D eigenvalue weighted by Gasteiger charge is -2.37. The molecule has 1 fully saturated rings. The third-order valence-electron chi connectivity index (χ3n) is 3.04. The predicted molar refractivity (Wildman–Crippen MR) is 74.9 cm³/mol. The van der Waals surface area contributed by atoms with E-state index in [0.29, 0.717) is 13.2 Å². The Morgan fingerprint density at radius 3 is 2.67 bits per heavy atom. The molecule has 0 radical (unpaired) electrons. The molecular weight excluding hydrogens is 278 g/mol. The van der Waals surface area contributed by atoms with Crippen molar-refractivity contribution >= 4 is 17.9 Å². The zero-order valence-electron chi connectivity index (χ0n) is 12.7. The van der Waals surface area contributed by atoms with Crippen molar-refractivity contribution in [2.45, 2.75) is 32.4 Å². The third-order valence-corrected chi connectivity index (χ3v) is 3.04. The van der Waals surface area contributed by atoms with E-state index in [0.717, 1.165) is 0 Å². The van der Waals surface area contributed by atoms with Gasteiger partial charge in [-0.2, -0.15) is 0 Å². The van der Waals surface area contributed by atoms with Crippen LogP contribution >= 0.6 is 0 Å². The molecule has 0 aromatic heterocycles. The van der Waals surface area contributed by atoms with Crippen LogP contribution in [0, 0.1) is 0 Å². The number of carboxylic acid groups (broad SMARTS) is 1. The zero-order chi connectivity index (χ0) is 16.0. The summed E-state index contributed by atoms with van der Waals surface area (Å²) in [5.74, 6) is -1.23. The summed E-state index contributed by atoms with van der Waals surface area (Å²) in [6.07, 6.45) is -0.169. The van der Waals surface area contributed by atoms with Gasteiger partial charge in [0.25, 0.3) is 0 Å². The summed E-state index contributed by atoms with van der Waals surface area (Å²) in [4.78, 5) is 37.6. The monoisotopic (exact) mass is 301 g/mol. The molecule has 1 saturated heterocycles. The number of rotatable bonds is 5. The number of urea groups is 1. The molecule has 8 nitrogen and oxygen atoms in total. The Bertz CT molecular complexity index is 399. The standard InChI is InChI=1S/C13H23N3O5/c1-9(2)14-11(17)7-15(3)13(20)16-4-5-21-8-10(16)6-12(18)19/h9-10H,4-8H2,1-3H3,(H,14,17)(H,18,19). The van der Waals surface area contributed by atoms with E-state index in [-0.39, 0.29) is 37.6 Å². The van der Waals surface area contributed by atoms with Crippen LogP contribution in [0.5, 0.6) is 0 Å². The lowest BCUT2D eigenvalue weighted by Crippen LogP contribution is -2.54. The number of hydrogen-bond acceptors (Lipinski definition) is 4. The number of nitrogens with one attached hydrogen (secondary N) is 1. The number of carbonyl (C=O) groups excluding carboxylic acids is 2. The molecule has 0 aromatic carbocycles. The molecule has 3 amide bonds. The maximum atomic E-state index is 12.3. The van der Waals surface area contributed by atoms with E-state index in [1.54, 1.807) is 0 Å². The molecule has 0 aromatic rings. The van der Waals surface area contributed by atoms with Crippen molar-refractivity contribution in [1.29, 1.82) is 0 Å². The van der Waals surface area contributed by atoms with Gasteiger partial charge in [0.05, 0.1) is 25.7 Å². The van der Waals surface area contributed by atoms with E-state index in [2.05, 4.69) is 5.32 Å². The van der Waals surface area contributed by atoms with Crippen molar-refractivity contribution < 1.29 is 24.2 Å². The van der Waals surface area contributed by atoms with Gasteiger partial charge in [-0.25, -0.2) is 4.79 Å². The zero-order valence-corrected chi connectivity index (χ0v) is 12.7. The third kappa shape index (κ3) is 5.58. The maximum absolute atomic E-state index is 12.3. The molecule has 1 unspecified atom stereocenters. The molecule has 21 heavy (non-hydrogen) atoms. The largest absolute Gasteiger partial charge is 0.481 e. The predicted octanol–water partition coefficient (Wildman–Crippen LogP) is -0.262. The first kappa shape index (κ1) is 17.2. The summed E-state index contributed by atoms with van der Waals surface area (Å²) in [5, 5.41) is 11.6. The average Bonchev–Trinajstić information content (AvgIpc) is 2.36. The van der Waals surface area contributed by atoms with Gasteiger partial charge in [-0.3, -0.25) is 9.59 Å². The van der Waals surface area contributed by atoms with Crippen LogP contribution in [0.25, 0.3) is 0 Å². The Balaban J connectivity index is 2.61. The first-order chi connectivity index (χ1) is 9.81. The first-order valence-corrected chi connectivity index (χ1v) is 6.92. The van der Waals surface area contributed by atoms with Crippen LogP contribution in [0.3, 0.4) is 0 Å². The number of aliphatic carboxylic acids is 1. The van der Waals surface area contributed by atoms with Crippen LogP contribution in [-0.2, 0) is 14.3 Å². The smallest absolute Gasteiger partial charge is 0.320 e.